The third kappa shape index (κ3) is 2.52. The van der Waals surface area contributed by atoms with E-state index in [-0.39, 0.29) is 5.38 Å². The number of imidazole rings is 1. The highest BCUT2D eigenvalue weighted by molar-refractivity contribution is 6.36. The van der Waals surface area contributed by atoms with Gasteiger partial charge in [0.1, 0.15) is 5.65 Å². The third-order valence-corrected chi connectivity index (χ3v) is 4.20. The van der Waals surface area contributed by atoms with Gasteiger partial charge in [-0.2, -0.15) is 0 Å². The average molecular weight is 340 g/mol. The molecule has 0 aliphatic heterocycles. The molecular weight excluding hydrogens is 327 g/mol. The van der Waals surface area contributed by atoms with Crippen LogP contribution in [0.25, 0.3) is 16.9 Å². The van der Waals surface area contributed by atoms with Gasteiger partial charge in [-0.15, -0.1) is 11.6 Å². The second-order valence-electron chi connectivity index (χ2n) is 4.97. The molecule has 0 aliphatic carbocycles. The first-order valence-electron chi connectivity index (χ1n) is 6.56. The van der Waals surface area contributed by atoms with Gasteiger partial charge >= 0.3 is 0 Å². The van der Waals surface area contributed by atoms with Crippen molar-refractivity contribution in [2.45, 2.75) is 19.2 Å². The van der Waals surface area contributed by atoms with E-state index in [1.165, 1.54) is 0 Å². The zero-order valence-corrected chi connectivity index (χ0v) is 13.8. The van der Waals surface area contributed by atoms with Gasteiger partial charge in [0.25, 0.3) is 0 Å². The molecule has 108 valence electrons. The first-order valence-corrected chi connectivity index (χ1v) is 7.75. The van der Waals surface area contributed by atoms with Gasteiger partial charge in [0, 0.05) is 16.8 Å². The number of rotatable bonds is 2. The summed E-state index contributed by atoms with van der Waals surface area (Å²) in [6.07, 6.45) is 1.97. The number of aryl methyl sites for hydroxylation is 1. The number of alkyl halides is 1. The van der Waals surface area contributed by atoms with Gasteiger partial charge < -0.3 is 4.40 Å². The smallest absolute Gasteiger partial charge is 0.140 e. The molecule has 0 bridgehead atoms. The molecule has 5 heteroatoms. The molecule has 2 nitrogen and oxygen atoms in total. The average Bonchev–Trinajstić information content (AvgIpc) is 2.79. The maximum atomic E-state index is 6.38. The van der Waals surface area contributed by atoms with Gasteiger partial charge in [-0.25, -0.2) is 4.98 Å². The molecule has 0 aliphatic rings. The van der Waals surface area contributed by atoms with Crippen molar-refractivity contribution in [3.05, 3.63) is 57.8 Å². The molecular formula is C16H13Cl3N2. The van der Waals surface area contributed by atoms with E-state index in [1.54, 1.807) is 6.07 Å². The Bertz CT molecular complexity index is 822. The molecule has 0 saturated heterocycles. The van der Waals surface area contributed by atoms with Gasteiger partial charge in [0.2, 0.25) is 0 Å². The van der Waals surface area contributed by atoms with Crippen molar-refractivity contribution in [3.8, 4) is 11.3 Å². The predicted octanol–water partition coefficient (Wildman–Crippen LogP) is 5.92. The van der Waals surface area contributed by atoms with Crippen LogP contribution in [-0.2, 0) is 0 Å². The maximum Gasteiger partial charge on any atom is 0.140 e. The minimum atomic E-state index is -0.191. The SMILES string of the molecule is Cc1cccn2c(C(C)Cl)c(-c3ccc(Cl)cc3Cl)nc12. The highest BCUT2D eigenvalue weighted by atomic mass is 35.5. The molecule has 3 rings (SSSR count). The molecule has 1 atom stereocenters. The number of halogens is 3. The summed E-state index contributed by atoms with van der Waals surface area (Å²) in [6, 6.07) is 9.42. The van der Waals surface area contributed by atoms with Crippen LogP contribution < -0.4 is 0 Å². The van der Waals surface area contributed by atoms with Crippen LogP contribution in [0.4, 0.5) is 0 Å². The van der Waals surface area contributed by atoms with E-state index in [1.807, 2.05) is 48.7 Å². The van der Waals surface area contributed by atoms with Crippen LogP contribution in [0.3, 0.4) is 0 Å². The lowest BCUT2D eigenvalue weighted by molar-refractivity contribution is 0.962. The second kappa shape index (κ2) is 5.53. The summed E-state index contributed by atoms with van der Waals surface area (Å²) in [5.41, 5.74) is 4.55. The lowest BCUT2D eigenvalue weighted by Crippen LogP contribution is -1.96. The Morgan fingerprint density at radius 2 is 1.95 bits per heavy atom. The van der Waals surface area contributed by atoms with Crippen molar-refractivity contribution in [3.63, 3.8) is 0 Å². The molecule has 0 N–H and O–H groups in total. The van der Waals surface area contributed by atoms with Crippen LogP contribution >= 0.6 is 34.8 Å². The Hall–Kier alpha value is -1.22. The maximum absolute atomic E-state index is 6.38. The molecule has 1 unspecified atom stereocenters. The minimum absolute atomic E-state index is 0.191. The zero-order chi connectivity index (χ0) is 15.1. The predicted molar refractivity (Wildman–Crippen MR) is 89.7 cm³/mol. The van der Waals surface area contributed by atoms with Crippen LogP contribution in [-0.4, -0.2) is 9.38 Å². The summed E-state index contributed by atoms with van der Waals surface area (Å²) >= 11 is 18.7. The molecule has 3 aromatic rings. The molecule has 0 spiro atoms. The van der Waals surface area contributed by atoms with Gasteiger partial charge in [-0.1, -0.05) is 29.3 Å². The number of hydrogen-bond acceptors (Lipinski definition) is 1. The van der Waals surface area contributed by atoms with E-state index in [4.69, 9.17) is 39.8 Å². The second-order valence-corrected chi connectivity index (χ2v) is 6.47. The number of fused-ring (bicyclic) bond motifs is 1. The normalized spacial score (nSPS) is 12.8. The van der Waals surface area contributed by atoms with Crippen LogP contribution in [0.1, 0.15) is 23.6 Å². The fraction of sp³-hybridized carbons (Fsp3) is 0.188. The standard InChI is InChI=1S/C16H13Cl3N2/c1-9-4-3-7-21-15(10(2)17)14(20-16(9)21)12-6-5-11(18)8-13(12)19/h3-8,10H,1-2H3. The topological polar surface area (TPSA) is 17.3 Å². The van der Waals surface area contributed by atoms with Gasteiger partial charge in [0.05, 0.1) is 21.8 Å². The van der Waals surface area contributed by atoms with Crippen LogP contribution in [0, 0.1) is 6.92 Å². The highest BCUT2D eigenvalue weighted by Gasteiger charge is 2.20. The quantitative estimate of drug-likeness (QED) is 0.530. The van der Waals surface area contributed by atoms with Crippen LogP contribution in [0.2, 0.25) is 10.0 Å². The van der Waals surface area contributed by atoms with E-state index in [2.05, 4.69) is 0 Å². The molecule has 0 saturated carbocycles. The van der Waals surface area contributed by atoms with E-state index in [0.717, 1.165) is 28.2 Å². The molecule has 1 aromatic carbocycles. The first kappa shape index (κ1) is 14.7. The van der Waals surface area contributed by atoms with Crippen molar-refractivity contribution in [2.24, 2.45) is 0 Å². The third-order valence-electron chi connectivity index (χ3n) is 3.45. The fourth-order valence-electron chi connectivity index (χ4n) is 2.48. The molecule has 0 radical (unpaired) electrons. The van der Waals surface area contributed by atoms with Crippen molar-refractivity contribution in [1.29, 1.82) is 0 Å². The van der Waals surface area contributed by atoms with Gasteiger partial charge in [-0.05, 0) is 43.7 Å². The van der Waals surface area contributed by atoms with Crippen molar-refractivity contribution < 1.29 is 0 Å². The molecule has 2 aromatic heterocycles. The summed E-state index contributed by atoms with van der Waals surface area (Å²) in [5.74, 6) is 0. The summed E-state index contributed by atoms with van der Waals surface area (Å²) in [6.45, 7) is 3.96. The van der Waals surface area contributed by atoms with E-state index in [9.17, 15) is 0 Å². The molecule has 0 amide bonds. The number of aromatic nitrogens is 2. The lowest BCUT2D eigenvalue weighted by Gasteiger charge is -2.08. The minimum Gasteiger partial charge on any atom is -0.302 e. The van der Waals surface area contributed by atoms with Crippen molar-refractivity contribution >= 4 is 40.4 Å². The number of benzene rings is 1. The summed E-state index contributed by atoms with van der Waals surface area (Å²) in [4.78, 5) is 4.75. The summed E-state index contributed by atoms with van der Waals surface area (Å²) in [7, 11) is 0. The number of hydrogen-bond donors (Lipinski definition) is 0. The Kier molecular flexibility index (Phi) is 3.87. The Balaban J connectivity index is 2.36. The Labute approximate surface area is 138 Å². The first-order chi connectivity index (χ1) is 9.99. The van der Waals surface area contributed by atoms with Crippen LogP contribution in [0.15, 0.2) is 36.5 Å². The zero-order valence-electron chi connectivity index (χ0n) is 11.6. The van der Waals surface area contributed by atoms with Crippen LogP contribution in [0.5, 0.6) is 0 Å². The molecule has 21 heavy (non-hydrogen) atoms. The number of nitrogens with zero attached hydrogens (tertiary/aromatic N) is 2. The number of pyridine rings is 1. The monoisotopic (exact) mass is 338 g/mol. The fourth-order valence-corrected chi connectivity index (χ4v) is 3.19. The molecule has 0 fully saturated rings. The van der Waals surface area contributed by atoms with E-state index < -0.39 is 0 Å². The lowest BCUT2D eigenvalue weighted by atomic mass is 10.1. The van der Waals surface area contributed by atoms with E-state index in [0.29, 0.717) is 10.0 Å². The summed E-state index contributed by atoms with van der Waals surface area (Å²) < 4.78 is 2.02. The molecule has 2 heterocycles. The Morgan fingerprint density at radius 1 is 1.19 bits per heavy atom. The van der Waals surface area contributed by atoms with Gasteiger partial charge in [-0.3, -0.25) is 0 Å². The Morgan fingerprint density at radius 3 is 2.62 bits per heavy atom. The van der Waals surface area contributed by atoms with Crippen molar-refractivity contribution in [2.75, 3.05) is 0 Å². The largest absolute Gasteiger partial charge is 0.302 e. The highest BCUT2D eigenvalue weighted by Crippen LogP contribution is 2.37. The summed E-state index contributed by atoms with van der Waals surface area (Å²) in [5, 5.41) is 0.981. The van der Waals surface area contributed by atoms with Gasteiger partial charge in [0.15, 0.2) is 0 Å². The van der Waals surface area contributed by atoms with Crippen molar-refractivity contribution in [1.82, 2.24) is 9.38 Å². The van der Waals surface area contributed by atoms with E-state index >= 15 is 0 Å².